The molecule has 214 valence electrons. The number of likely N-dealkylation sites (tertiary alicyclic amines) is 1. The molecule has 1 aliphatic carbocycles. The lowest BCUT2D eigenvalue weighted by Gasteiger charge is -2.40. The maximum absolute atomic E-state index is 14.5. The Kier molecular flexibility index (Phi) is 8.50. The van der Waals surface area contributed by atoms with Gasteiger partial charge < -0.3 is 23.8 Å². The van der Waals surface area contributed by atoms with E-state index in [1.807, 2.05) is 39.0 Å². The average molecular weight is 546 g/mol. The van der Waals surface area contributed by atoms with Gasteiger partial charge in [-0.15, -0.1) is 0 Å². The number of nitrogens with zero attached hydrogens (tertiary/aromatic N) is 3. The number of benzene rings is 2. The first-order valence-corrected chi connectivity index (χ1v) is 14.6. The molecule has 0 bridgehead atoms. The van der Waals surface area contributed by atoms with Crippen LogP contribution in [0.1, 0.15) is 63.5 Å². The first kappa shape index (κ1) is 28.2. The molecule has 1 saturated carbocycles. The summed E-state index contributed by atoms with van der Waals surface area (Å²) in [5.41, 5.74) is 2.94. The van der Waals surface area contributed by atoms with Gasteiger partial charge in [-0.25, -0.2) is 4.79 Å². The van der Waals surface area contributed by atoms with Crippen molar-refractivity contribution in [2.24, 2.45) is 5.92 Å². The molecule has 0 unspecified atom stereocenters. The molecular formula is C33H43N3O4. The molecule has 2 aliphatic rings. The SMILES string of the molecule is COCCCn1cc(CN(C(=O)[C@H]2CN(C(=O)OC(C)(C)C)CC[C@@H]2c2ccccc2)C2CC2)c2ccccc21. The van der Waals surface area contributed by atoms with Crippen molar-refractivity contribution >= 4 is 22.9 Å². The highest BCUT2D eigenvalue weighted by molar-refractivity contribution is 5.86. The number of piperidine rings is 1. The van der Waals surface area contributed by atoms with Crippen LogP contribution >= 0.6 is 0 Å². The molecule has 5 rings (SSSR count). The second-order valence-corrected chi connectivity index (χ2v) is 12.2. The second-order valence-electron chi connectivity index (χ2n) is 12.2. The van der Waals surface area contributed by atoms with Crippen LogP contribution in [0.25, 0.3) is 10.9 Å². The number of ether oxygens (including phenoxy) is 2. The first-order chi connectivity index (χ1) is 19.2. The van der Waals surface area contributed by atoms with E-state index in [0.29, 0.717) is 26.2 Å². The summed E-state index contributed by atoms with van der Waals surface area (Å²) < 4.78 is 13.3. The summed E-state index contributed by atoms with van der Waals surface area (Å²) in [4.78, 5) is 31.4. The zero-order chi connectivity index (χ0) is 28.3. The molecule has 2 amide bonds. The molecule has 1 aromatic heterocycles. The van der Waals surface area contributed by atoms with Crippen molar-refractivity contribution in [2.45, 2.75) is 77.1 Å². The van der Waals surface area contributed by atoms with Gasteiger partial charge in [0.25, 0.3) is 0 Å². The Morgan fingerprint density at radius 3 is 2.42 bits per heavy atom. The predicted molar refractivity (Wildman–Crippen MR) is 157 cm³/mol. The number of aryl methyl sites for hydroxylation is 1. The molecule has 1 saturated heterocycles. The van der Waals surface area contributed by atoms with Crippen molar-refractivity contribution in [3.63, 3.8) is 0 Å². The van der Waals surface area contributed by atoms with Gasteiger partial charge in [-0.05, 0) is 69.6 Å². The summed E-state index contributed by atoms with van der Waals surface area (Å²) in [5, 5.41) is 1.19. The first-order valence-electron chi connectivity index (χ1n) is 14.6. The lowest BCUT2D eigenvalue weighted by Crippen LogP contribution is -2.51. The van der Waals surface area contributed by atoms with Gasteiger partial charge in [0, 0.05) is 63.0 Å². The Morgan fingerprint density at radius 1 is 1.00 bits per heavy atom. The molecule has 2 aromatic carbocycles. The quantitative estimate of drug-likeness (QED) is 0.300. The molecule has 2 atom stereocenters. The summed E-state index contributed by atoms with van der Waals surface area (Å²) in [6.45, 7) is 8.75. The number of methoxy groups -OCH3 is 1. The summed E-state index contributed by atoms with van der Waals surface area (Å²) in [5.74, 6) is -0.121. The van der Waals surface area contributed by atoms with E-state index < -0.39 is 5.60 Å². The largest absolute Gasteiger partial charge is 0.444 e. The van der Waals surface area contributed by atoms with Crippen molar-refractivity contribution < 1.29 is 19.1 Å². The maximum atomic E-state index is 14.5. The fraction of sp³-hybridized carbons (Fsp3) is 0.515. The van der Waals surface area contributed by atoms with E-state index >= 15 is 0 Å². The Balaban J connectivity index is 1.43. The zero-order valence-corrected chi connectivity index (χ0v) is 24.3. The van der Waals surface area contributed by atoms with Crippen LogP contribution in [0.4, 0.5) is 4.79 Å². The van der Waals surface area contributed by atoms with Crippen molar-refractivity contribution in [2.75, 3.05) is 26.8 Å². The van der Waals surface area contributed by atoms with Gasteiger partial charge in [0.05, 0.1) is 5.92 Å². The van der Waals surface area contributed by atoms with E-state index in [1.165, 1.54) is 16.5 Å². The van der Waals surface area contributed by atoms with E-state index in [0.717, 1.165) is 37.8 Å². The smallest absolute Gasteiger partial charge is 0.410 e. The van der Waals surface area contributed by atoms with Crippen LogP contribution in [0.5, 0.6) is 0 Å². The molecule has 2 heterocycles. The highest BCUT2D eigenvalue weighted by Crippen LogP contribution is 2.39. The highest BCUT2D eigenvalue weighted by Gasteiger charge is 2.43. The van der Waals surface area contributed by atoms with Crippen molar-refractivity contribution in [3.05, 3.63) is 71.9 Å². The third kappa shape index (κ3) is 6.52. The fourth-order valence-electron chi connectivity index (χ4n) is 5.98. The van der Waals surface area contributed by atoms with Crippen molar-refractivity contribution in [1.82, 2.24) is 14.4 Å². The summed E-state index contributed by atoms with van der Waals surface area (Å²) in [6.07, 6.45) is 5.59. The number of hydrogen-bond donors (Lipinski definition) is 0. The van der Waals surface area contributed by atoms with Gasteiger partial charge in [-0.3, -0.25) is 4.79 Å². The molecule has 40 heavy (non-hydrogen) atoms. The lowest BCUT2D eigenvalue weighted by atomic mass is 9.79. The third-order valence-corrected chi connectivity index (χ3v) is 8.04. The number of aromatic nitrogens is 1. The number of hydrogen-bond acceptors (Lipinski definition) is 4. The minimum Gasteiger partial charge on any atom is -0.444 e. The third-order valence-electron chi connectivity index (χ3n) is 8.04. The molecule has 0 radical (unpaired) electrons. The minimum absolute atomic E-state index is 0.0593. The summed E-state index contributed by atoms with van der Waals surface area (Å²) >= 11 is 0. The molecule has 0 spiro atoms. The van der Waals surface area contributed by atoms with E-state index in [4.69, 9.17) is 9.47 Å². The summed E-state index contributed by atoms with van der Waals surface area (Å²) in [6, 6.07) is 19.0. The van der Waals surface area contributed by atoms with Crippen LogP contribution < -0.4 is 0 Å². The number of fused-ring (bicyclic) bond motifs is 1. The minimum atomic E-state index is -0.579. The average Bonchev–Trinajstić information content (AvgIpc) is 3.73. The predicted octanol–water partition coefficient (Wildman–Crippen LogP) is 6.21. The molecular weight excluding hydrogens is 502 g/mol. The van der Waals surface area contributed by atoms with Crippen molar-refractivity contribution in [3.8, 4) is 0 Å². The van der Waals surface area contributed by atoms with Gasteiger partial charge >= 0.3 is 6.09 Å². The van der Waals surface area contributed by atoms with Gasteiger partial charge in [0.2, 0.25) is 5.91 Å². The molecule has 3 aromatic rings. The van der Waals surface area contributed by atoms with E-state index in [1.54, 1.807) is 12.0 Å². The van der Waals surface area contributed by atoms with E-state index in [9.17, 15) is 9.59 Å². The number of para-hydroxylation sites is 1. The maximum Gasteiger partial charge on any atom is 0.410 e. The van der Waals surface area contributed by atoms with Gasteiger partial charge in [0.1, 0.15) is 5.60 Å². The Labute approximate surface area is 238 Å². The molecule has 1 aliphatic heterocycles. The van der Waals surface area contributed by atoms with Crippen LogP contribution in [-0.2, 0) is 27.4 Å². The van der Waals surface area contributed by atoms with Crippen LogP contribution in [-0.4, -0.2) is 64.8 Å². The molecule has 2 fully saturated rings. The van der Waals surface area contributed by atoms with Crippen LogP contribution in [0, 0.1) is 5.92 Å². The monoisotopic (exact) mass is 545 g/mol. The fourth-order valence-corrected chi connectivity index (χ4v) is 5.98. The number of carbonyl (C=O) groups is 2. The molecule has 0 N–H and O–H groups in total. The topological polar surface area (TPSA) is 64.0 Å². The normalized spacial score (nSPS) is 19.6. The summed E-state index contributed by atoms with van der Waals surface area (Å²) in [7, 11) is 1.73. The Hall–Kier alpha value is -3.32. The van der Waals surface area contributed by atoms with Crippen LogP contribution in [0.15, 0.2) is 60.8 Å². The number of carbonyl (C=O) groups excluding carboxylic acids is 2. The zero-order valence-electron chi connectivity index (χ0n) is 24.3. The molecule has 7 nitrogen and oxygen atoms in total. The van der Waals surface area contributed by atoms with Gasteiger partial charge in [0.15, 0.2) is 0 Å². The number of amides is 2. The van der Waals surface area contributed by atoms with Gasteiger partial charge in [-0.2, -0.15) is 0 Å². The molecule has 7 heteroatoms. The Morgan fingerprint density at radius 2 is 1.73 bits per heavy atom. The number of rotatable bonds is 9. The van der Waals surface area contributed by atoms with Crippen LogP contribution in [0.2, 0.25) is 0 Å². The van der Waals surface area contributed by atoms with Crippen LogP contribution in [0.3, 0.4) is 0 Å². The highest BCUT2D eigenvalue weighted by atomic mass is 16.6. The van der Waals surface area contributed by atoms with E-state index in [-0.39, 0.29) is 29.9 Å². The van der Waals surface area contributed by atoms with Crippen molar-refractivity contribution in [1.29, 1.82) is 0 Å². The lowest BCUT2D eigenvalue weighted by molar-refractivity contribution is -0.139. The van der Waals surface area contributed by atoms with Gasteiger partial charge in [-0.1, -0.05) is 48.5 Å². The standard InChI is InChI=1S/C33H43N3O4/c1-33(2,3)40-32(38)35-19-17-27(24-11-6-5-7-12-24)29(23-35)31(37)36(26-15-16-26)22-25-21-34(18-10-20-39-4)30-14-9-8-13-28(25)30/h5-9,11-14,21,26-27,29H,10,15-20,22-23H2,1-4H3/t27-,29+/m1/s1. The Bertz CT molecular complexity index is 1310. The van der Waals surface area contributed by atoms with E-state index in [2.05, 4.69) is 52.1 Å². The second kappa shape index (κ2) is 12.0.